The van der Waals surface area contributed by atoms with Gasteiger partial charge < -0.3 is 10.2 Å². The summed E-state index contributed by atoms with van der Waals surface area (Å²) in [5, 5.41) is 5.23. The van der Waals surface area contributed by atoms with E-state index in [0.717, 1.165) is 24.4 Å². The molecular formula is C12H18N2OS. The number of piperidine rings is 1. The average molecular weight is 238 g/mol. The third-order valence-electron chi connectivity index (χ3n) is 3.09. The van der Waals surface area contributed by atoms with Crippen molar-refractivity contribution in [3.05, 3.63) is 22.4 Å². The number of nitrogens with one attached hydrogen (secondary N) is 1. The van der Waals surface area contributed by atoms with Gasteiger partial charge in [-0.25, -0.2) is 0 Å². The minimum atomic E-state index is 0.182. The predicted octanol–water partition coefficient (Wildman–Crippen LogP) is 1.82. The largest absolute Gasteiger partial charge is 0.336 e. The summed E-state index contributed by atoms with van der Waals surface area (Å²) >= 11 is 1.52. The van der Waals surface area contributed by atoms with Crippen molar-refractivity contribution < 1.29 is 4.79 Å². The topological polar surface area (TPSA) is 32.3 Å². The maximum atomic E-state index is 12.2. The molecule has 1 N–H and O–H groups in total. The van der Waals surface area contributed by atoms with Crippen LogP contribution in [0.2, 0.25) is 0 Å². The Morgan fingerprint density at radius 1 is 1.56 bits per heavy atom. The van der Waals surface area contributed by atoms with Crippen molar-refractivity contribution in [3.8, 4) is 0 Å². The summed E-state index contributed by atoms with van der Waals surface area (Å²) in [5.74, 6) is 0.761. The molecule has 1 fully saturated rings. The zero-order chi connectivity index (χ0) is 11.5. The molecule has 0 saturated carbocycles. The molecule has 88 valence electrons. The minimum Gasteiger partial charge on any atom is -0.336 e. The Labute approximate surface area is 100 Å². The van der Waals surface area contributed by atoms with Crippen LogP contribution in [0.5, 0.6) is 0 Å². The molecule has 1 aromatic heterocycles. The van der Waals surface area contributed by atoms with E-state index >= 15 is 0 Å². The van der Waals surface area contributed by atoms with Gasteiger partial charge in [-0.05, 0) is 30.8 Å². The van der Waals surface area contributed by atoms with Crippen molar-refractivity contribution in [2.24, 2.45) is 5.92 Å². The molecule has 2 atom stereocenters. The molecule has 0 spiro atoms. The van der Waals surface area contributed by atoms with Crippen LogP contribution in [0.25, 0.3) is 0 Å². The summed E-state index contributed by atoms with van der Waals surface area (Å²) < 4.78 is 0. The van der Waals surface area contributed by atoms with E-state index in [2.05, 4.69) is 12.2 Å². The summed E-state index contributed by atoms with van der Waals surface area (Å²) in [6.07, 6.45) is 1.16. The maximum absolute atomic E-state index is 12.2. The van der Waals surface area contributed by atoms with Crippen LogP contribution < -0.4 is 5.32 Å². The number of carbonyl (C=O) groups excluding carboxylic acids is 1. The highest BCUT2D eigenvalue weighted by atomic mass is 32.1. The van der Waals surface area contributed by atoms with Crippen LogP contribution in [0.15, 0.2) is 17.5 Å². The number of hydrogen-bond donors (Lipinski definition) is 1. The lowest BCUT2D eigenvalue weighted by atomic mass is 9.96. The van der Waals surface area contributed by atoms with Crippen molar-refractivity contribution >= 4 is 17.2 Å². The van der Waals surface area contributed by atoms with Gasteiger partial charge in [-0.3, -0.25) is 4.79 Å². The van der Waals surface area contributed by atoms with Gasteiger partial charge in [0.05, 0.1) is 4.88 Å². The Balaban J connectivity index is 2.06. The first kappa shape index (κ1) is 11.6. The molecule has 0 radical (unpaired) electrons. The second-order valence-corrected chi connectivity index (χ2v) is 5.46. The van der Waals surface area contributed by atoms with Crippen molar-refractivity contribution in [2.45, 2.75) is 19.4 Å². The summed E-state index contributed by atoms with van der Waals surface area (Å²) in [5.41, 5.74) is 0. The molecule has 1 aliphatic rings. The monoisotopic (exact) mass is 238 g/mol. The fourth-order valence-corrected chi connectivity index (χ4v) is 2.97. The molecule has 1 aliphatic heterocycles. The molecule has 2 rings (SSSR count). The number of likely N-dealkylation sites (N-methyl/N-ethyl adjacent to an activating group) is 1. The van der Waals surface area contributed by atoms with Crippen LogP contribution in [0, 0.1) is 5.92 Å². The standard InChI is InChI=1S/C12H18N2OS/c1-9-6-10(13-2)8-14(7-9)12(15)11-4-3-5-16-11/h3-5,9-10,13H,6-8H2,1-2H3. The Bertz CT molecular complexity index is 350. The molecular weight excluding hydrogens is 220 g/mol. The van der Waals surface area contributed by atoms with Gasteiger partial charge in [0, 0.05) is 19.1 Å². The van der Waals surface area contributed by atoms with Crippen molar-refractivity contribution in [2.75, 3.05) is 20.1 Å². The quantitative estimate of drug-likeness (QED) is 0.852. The van der Waals surface area contributed by atoms with E-state index in [1.165, 1.54) is 11.3 Å². The van der Waals surface area contributed by atoms with Gasteiger partial charge in [0.15, 0.2) is 0 Å². The number of carbonyl (C=O) groups is 1. The summed E-state index contributed by atoms with van der Waals surface area (Å²) in [4.78, 5) is 15.0. The number of nitrogens with zero attached hydrogens (tertiary/aromatic N) is 1. The fraction of sp³-hybridized carbons (Fsp3) is 0.583. The highest BCUT2D eigenvalue weighted by molar-refractivity contribution is 7.12. The van der Waals surface area contributed by atoms with Crippen molar-refractivity contribution in [3.63, 3.8) is 0 Å². The molecule has 2 unspecified atom stereocenters. The van der Waals surface area contributed by atoms with Gasteiger partial charge >= 0.3 is 0 Å². The van der Waals surface area contributed by atoms with Crippen molar-refractivity contribution in [1.82, 2.24) is 10.2 Å². The lowest BCUT2D eigenvalue weighted by molar-refractivity contribution is 0.0650. The van der Waals surface area contributed by atoms with E-state index in [4.69, 9.17) is 0 Å². The number of likely N-dealkylation sites (tertiary alicyclic amines) is 1. The lowest BCUT2D eigenvalue weighted by Crippen LogP contribution is -2.49. The Hall–Kier alpha value is -0.870. The Kier molecular flexibility index (Phi) is 3.61. The first-order valence-corrected chi connectivity index (χ1v) is 6.58. The highest BCUT2D eigenvalue weighted by Gasteiger charge is 2.27. The van der Waals surface area contributed by atoms with Crippen LogP contribution in [-0.2, 0) is 0 Å². The van der Waals surface area contributed by atoms with Gasteiger partial charge in [-0.1, -0.05) is 13.0 Å². The van der Waals surface area contributed by atoms with Crippen LogP contribution in [0.1, 0.15) is 23.0 Å². The summed E-state index contributed by atoms with van der Waals surface area (Å²) in [6.45, 7) is 3.92. The first-order valence-electron chi connectivity index (χ1n) is 5.70. The molecule has 0 bridgehead atoms. The third kappa shape index (κ3) is 2.44. The van der Waals surface area contributed by atoms with E-state index in [-0.39, 0.29) is 5.91 Å². The maximum Gasteiger partial charge on any atom is 0.263 e. The van der Waals surface area contributed by atoms with Gasteiger partial charge in [-0.15, -0.1) is 11.3 Å². The first-order chi connectivity index (χ1) is 7.70. The van der Waals surface area contributed by atoms with Crippen LogP contribution in [-0.4, -0.2) is 37.0 Å². The second kappa shape index (κ2) is 4.97. The van der Waals surface area contributed by atoms with Gasteiger partial charge in [0.2, 0.25) is 0 Å². The van der Waals surface area contributed by atoms with E-state index in [0.29, 0.717) is 12.0 Å². The van der Waals surface area contributed by atoms with Crippen LogP contribution in [0.4, 0.5) is 0 Å². The molecule has 1 amide bonds. The molecule has 1 saturated heterocycles. The van der Waals surface area contributed by atoms with Gasteiger partial charge in [0.25, 0.3) is 5.91 Å². The molecule has 0 aliphatic carbocycles. The Morgan fingerprint density at radius 3 is 3.00 bits per heavy atom. The molecule has 1 aromatic rings. The zero-order valence-electron chi connectivity index (χ0n) is 9.77. The van der Waals surface area contributed by atoms with Crippen LogP contribution >= 0.6 is 11.3 Å². The van der Waals surface area contributed by atoms with Crippen molar-refractivity contribution in [1.29, 1.82) is 0 Å². The zero-order valence-corrected chi connectivity index (χ0v) is 10.6. The van der Waals surface area contributed by atoms with Gasteiger partial charge in [-0.2, -0.15) is 0 Å². The second-order valence-electron chi connectivity index (χ2n) is 4.51. The minimum absolute atomic E-state index is 0.182. The third-order valence-corrected chi connectivity index (χ3v) is 3.94. The summed E-state index contributed by atoms with van der Waals surface area (Å²) in [7, 11) is 1.97. The SMILES string of the molecule is CNC1CC(C)CN(C(=O)c2cccs2)C1. The molecule has 3 nitrogen and oxygen atoms in total. The molecule has 0 aromatic carbocycles. The predicted molar refractivity (Wildman–Crippen MR) is 66.9 cm³/mol. The van der Waals surface area contributed by atoms with Gasteiger partial charge in [0.1, 0.15) is 0 Å². The van der Waals surface area contributed by atoms with Crippen LogP contribution in [0.3, 0.4) is 0 Å². The number of rotatable bonds is 2. The smallest absolute Gasteiger partial charge is 0.263 e. The fourth-order valence-electron chi connectivity index (χ4n) is 2.28. The number of hydrogen-bond acceptors (Lipinski definition) is 3. The highest BCUT2D eigenvalue weighted by Crippen LogP contribution is 2.20. The normalized spacial score (nSPS) is 25.8. The van der Waals surface area contributed by atoms with E-state index < -0.39 is 0 Å². The lowest BCUT2D eigenvalue weighted by Gasteiger charge is -2.36. The van der Waals surface area contributed by atoms with E-state index in [1.807, 2.05) is 29.5 Å². The average Bonchev–Trinajstić information content (AvgIpc) is 2.80. The molecule has 16 heavy (non-hydrogen) atoms. The number of amides is 1. The Morgan fingerprint density at radius 2 is 2.38 bits per heavy atom. The number of thiophene rings is 1. The van der Waals surface area contributed by atoms with E-state index in [9.17, 15) is 4.79 Å². The van der Waals surface area contributed by atoms with E-state index in [1.54, 1.807) is 0 Å². The molecule has 2 heterocycles. The molecule has 4 heteroatoms. The summed E-state index contributed by atoms with van der Waals surface area (Å²) in [6, 6.07) is 4.27.